The van der Waals surface area contributed by atoms with Crippen molar-refractivity contribution in [2.75, 3.05) is 0 Å². The van der Waals surface area contributed by atoms with Gasteiger partial charge in [-0.15, -0.1) is 0 Å². The summed E-state index contributed by atoms with van der Waals surface area (Å²) in [6.07, 6.45) is 9.43. The van der Waals surface area contributed by atoms with Crippen molar-refractivity contribution in [2.24, 2.45) is 28.2 Å². The molecule has 0 saturated heterocycles. The van der Waals surface area contributed by atoms with Gasteiger partial charge in [0.1, 0.15) is 51.5 Å². The van der Waals surface area contributed by atoms with Crippen LogP contribution in [0.15, 0.2) is 249 Å². The van der Waals surface area contributed by atoms with Gasteiger partial charge in [0.2, 0.25) is 22.8 Å². The minimum absolute atomic E-state index is 0.201. The summed E-state index contributed by atoms with van der Waals surface area (Å²) in [5.41, 5.74) is 27.1. The first kappa shape index (κ1) is 64.6. The van der Waals surface area contributed by atoms with E-state index >= 15 is 0 Å². The molecule has 4 nitrogen and oxygen atoms in total. The molecule has 452 valence electrons. The van der Waals surface area contributed by atoms with Crippen LogP contribution >= 0.6 is 0 Å². The summed E-state index contributed by atoms with van der Waals surface area (Å²) in [5, 5.41) is 0. The maximum Gasteiger partial charge on any atom is 0.212 e. The molecule has 0 saturated carbocycles. The lowest BCUT2D eigenvalue weighted by atomic mass is 9.91. The van der Waals surface area contributed by atoms with E-state index in [-0.39, 0.29) is 23.3 Å². The molecule has 90 heavy (non-hydrogen) atoms. The standard InChI is InChI=1S/C22H23FN.C21H21FN.C20H19FN.C19H17FN/c1-15(2)20-13-22(19-8-6-5-7-16(19)3)24(4)14-21(20)17-9-11-18(23)12-10-17;1-4-16-13-21(19-8-6-5-7-15(19)2)23(3)14-20(16)17-9-11-18(22)12-10-17;1-14-6-4-5-7-18(14)20-12-15(2)19(13-22(20)3)16-8-10-17(21)11-9-16;1-14-5-3-4-6-18(14)19-12-9-16(13-21(19)2)15-7-10-17(20)11-8-15/h5-15H,1-4H3;5-14H,4H2,1-3H3;4-13H,1-3H3;3-13H,1-2H3/q4*+1. The van der Waals surface area contributed by atoms with Gasteiger partial charge in [0.05, 0.1) is 0 Å². The third kappa shape index (κ3) is 15.5. The SMILES string of the molecule is CCc1cc(-c2ccccc2C)[n+](C)cc1-c1ccc(F)cc1.Cc1cc(-c2ccccc2C)[n+](C)cc1-c1ccc(F)cc1.Cc1ccccc1-c1cc(C(C)C)c(-c2ccc(F)cc2)c[n+]1C.Cc1ccccc1-c1ccc(-c2ccc(F)cc2)c[n+]1C. The van der Waals surface area contributed by atoms with E-state index < -0.39 is 0 Å². The molecule has 8 heteroatoms. The van der Waals surface area contributed by atoms with Gasteiger partial charge in [0.25, 0.3) is 0 Å². The Balaban J connectivity index is 0.000000142. The average Bonchev–Trinajstić information content (AvgIpc) is 0.888. The van der Waals surface area contributed by atoms with E-state index in [4.69, 9.17) is 0 Å². The molecule has 12 rings (SSSR count). The lowest BCUT2D eigenvalue weighted by molar-refractivity contribution is -0.660. The molecular weight excluding hydrogens is 1120 g/mol. The molecule has 0 aliphatic heterocycles. The van der Waals surface area contributed by atoms with Crippen molar-refractivity contribution in [1.82, 2.24) is 0 Å². The van der Waals surface area contributed by atoms with E-state index in [1.54, 1.807) is 12.1 Å². The van der Waals surface area contributed by atoms with Crippen molar-refractivity contribution in [1.29, 1.82) is 0 Å². The second-order valence-corrected chi connectivity index (χ2v) is 23.4. The molecule has 0 fully saturated rings. The molecule has 0 bridgehead atoms. The zero-order chi connectivity index (χ0) is 64.2. The fraction of sp³-hybridized carbons (Fsp3) is 0.171. The van der Waals surface area contributed by atoms with Crippen LogP contribution in [0, 0.1) is 57.9 Å². The topological polar surface area (TPSA) is 15.5 Å². The molecule has 0 amide bonds. The molecular formula is C82H80F4N4+4. The summed E-state index contributed by atoms with van der Waals surface area (Å²) >= 11 is 0. The van der Waals surface area contributed by atoms with Crippen LogP contribution in [0.25, 0.3) is 89.5 Å². The lowest BCUT2D eigenvalue weighted by Crippen LogP contribution is -2.31. The zero-order valence-electron chi connectivity index (χ0n) is 53.8. The van der Waals surface area contributed by atoms with Crippen molar-refractivity contribution < 1.29 is 35.8 Å². The van der Waals surface area contributed by atoms with Crippen LogP contribution in [0.3, 0.4) is 0 Å². The quantitative estimate of drug-likeness (QED) is 0.0958. The van der Waals surface area contributed by atoms with Crippen LogP contribution < -0.4 is 18.3 Å². The third-order valence-electron chi connectivity index (χ3n) is 16.6. The van der Waals surface area contributed by atoms with Gasteiger partial charge in [-0.25, -0.2) is 35.8 Å². The van der Waals surface area contributed by atoms with Gasteiger partial charge in [-0.3, -0.25) is 0 Å². The highest BCUT2D eigenvalue weighted by molar-refractivity contribution is 5.73. The van der Waals surface area contributed by atoms with E-state index in [0.29, 0.717) is 5.92 Å². The van der Waals surface area contributed by atoms with Crippen LogP contribution in [0.5, 0.6) is 0 Å². The Labute approximate surface area is 530 Å². The van der Waals surface area contributed by atoms with Gasteiger partial charge >= 0.3 is 0 Å². The van der Waals surface area contributed by atoms with E-state index in [1.165, 1.54) is 133 Å². The molecule has 12 aromatic rings. The molecule has 4 heterocycles. The maximum atomic E-state index is 13.3. The molecule has 0 atom stereocenters. The Morgan fingerprint density at radius 1 is 0.289 bits per heavy atom. The number of aryl methyl sites for hydroxylation is 10. The Kier molecular flexibility index (Phi) is 21.1. The predicted molar refractivity (Wildman–Crippen MR) is 361 cm³/mol. The highest BCUT2D eigenvalue weighted by Gasteiger charge is 2.22. The van der Waals surface area contributed by atoms with Crippen molar-refractivity contribution in [3.8, 4) is 89.5 Å². The zero-order valence-corrected chi connectivity index (χ0v) is 53.8. The summed E-state index contributed by atoms with van der Waals surface area (Å²) < 4.78 is 61.1. The largest absolute Gasteiger partial charge is 0.212 e. The normalized spacial score (nSPS) is 10.8. The number of aromatic nitrogens is 4. The van der Waals surface area contributed by atoms with E-state index in [1.807, 2.05) is 56.6 Å². The smallest absolute Gasteiger partial charge is 0.207 e. The van der Waals surface area contributed by atoms with Crippen LogP contribution in [0.4, 0.5) is 17.6 Å². The second-order valence-electron chi connectivity index (χ2n) is 23.4. The van der Waals surface area contributed by atoms with Gasteiger partial charge in [-0.1, -0.05) is 142 Å². The fourth-order valence-electron chi connectivity index (χ4n) is 11.5. The Morgan fingerprint density at radius 2 is 0.600 bits per heavy atom. The Bertz CT molecular complexity index is 4440. The summed E-state index contributed by atoms with van der Waals surface area (Å²) in [6, 6.07) is 71.2. The molecule has 0 unspecified atom stereocenters. The minimum Gasteiger partial charge on any atom is -0.207 e. The first-order valence-corrected chi connectivity index (χ1v) is 30.6. The van der Waals surface area contributed by atoms with Crippen LogP contribution in [-0.2, 0) is 34.6 Å². The predicted octanol–water partition coefficient (Wildman–Crippen LogP) is 19.2. The summed E-state index contributed by atoms with van der Waals surface area (Å²) in [7, 11) is 8.22. The summed E-state index contributed by atoms with van der Waals surface area (Å²) in [5.74, 6) is -0.436. The molecule has 0 radical (unpaired) electrons. The van der Waals surface area contributed by atoms with Gasteiger partial charge < -0.3 is 0 Å². The number of rotatable bonds is 10. The highest BCUT2D eigenvalue weighted by Crippen LogP contribution is 2.34. The number of hydrogen-bond donors (Lipinski definition) is 0. The Hall–Kier alpha value is -9.92. The molecule has 8 aromatic carbocycles. The van der Waals surface area contributed by atoms with Crippen LogP contribution in [-0.4, -0.2) is 0 Å². The molecule has 4 aromatic heterocycles. The minimum atomic E-state index is -0.209. The lowest BCUT2D eigenvalue weighted by Gasteiger charge is -2.14. The van der Waals surface area contributed by atoms with Gasteiger partial charge in [-0.2, -0.15) is 0 Å². The van der Waals surface area contributed by atoms with Crippen molar-refractivity contribution in [2.45, 2.75) is 67.7 Å². The molecule has 0 aliphatic carbocycles. The number of benzene rings is 8. The first-order valence-electron chi connectivity index (χ1n) is 30.6. The average molecular weight is 1200 g/mol. The number of nitrogens with zero attached hydrogens (tertiary/aromatic N) is 4. The monoisotopic (exact) mass is 1200 g/mol. The fourth-order valence-corrected chi connectivity index (χ4v) is 11.5. The van der Waals surface area contributed by atoms with Crippen LogP contribution in [0.1, 0.15) is 65.6 Å². The molecule has 0 N–H and O–H groups in total. The first-order chi connectivity index (χ1) is 43.3. The highest BCUT2D eigenvalue weighted by atomic mass is 19.1. The van der Waals surface area contributed by atoms with Crippen molar-refractivity contribution in [3.05, 3.63) is 311 Å². The Morgan fingerprint density at radius 3 is 0.989 bits per heavy atom. The van der Waals surface area contributed by atoms with Crippen LogP contribution in [0.2, 0.25) is 0 Å². The number of halogens is 4. The van der Waals surface area contributed by atoms with Gasteiger partial charge in [-0.05, 0) is 187 Å². The summed E-state index contributed by atoms with van der Waals surface area (Å²) in [4.78, 5) is 0. The summed E-state index contributed by atoms with van der Waals surface area (Å²) in [6.45, 7) is 17.2. The number of pyridine rings is 4. The van der Waals surface area contributed by atoms with Gasteiger partial charge in [0, 0.05) is 68.8 Å². The number of hydrogen-bond acceptors (Lipinski definition) is 0. The van der Waals surface area contributed by atoms with E-state index in [0.717, 1.165) is 50.9 Å². The molecule has 0 spiro atoms. The second kappa shape index (κ2) is 29.4. The van der Waals surface area contributed by atoms with E-state index in [9.17, 15) is 17.6 Å². The van der Waals surface area contributed by atoms with Gasteiger partial charge in [0.15, 0.2) is 24.8 Å². The molecule has 0 aliphatic rings. The van der Waals surface area contributed by atoms with Crippen molar-refractivity contribution >= 4 is 0 Å². The maximum absolute atomic E-state index is 13.3. The third-order valence-corrected chi connectivity index (χ3v) is 16.6. The van der Waals surface area contributed by atoms with E-state index in [2.05, 4.69) is 234 Å². The van der Waals surface area contributed by atoms with Crippen molar-refractivity contribution in [3.63, 3.8) is 0 Å².